The number of ether oxygens (including phenoxy) is 1. The standard InChI is InChI=1S/C15H14BrNO3/c1-10-8-11(16)9-13(15(18)19)14(10)20-7-5-12-4-2-3-6-17-12/h2-4,6,8-9H,5,7H2,1H3,(H,18,19). The fourth-order valence-electron chi connectivity index (χ4n) is 1.88. The van der Waals surface area contributed by atoms with Crippen molar-refractivity contribution in [2.45, 2.75) is 13.3 Å². The zero-order chi connectivity index (χ0) is 14.5. The van der Waals surface area contributed by atoms with Crippen molar-refractivity contribution in [3.8, 4) is 5.75 Å². The number of carboxylic acids is 1. The quantitative estimate of drug-likeness (QED) is 0.908. The number of nitrogens with zero attached hydrogens (tertiary/aromatic N) is 1. The van der Waals surface area contributed by atoms with E-state index in [1.54, 1.807) is 12.3 Å². The number of benzene rings is 1. The highest BCUT2D eigenvalue weighted by Crippen LogP contribution is 2.28. The Kier molecular flexibility index (Phi) is 4.74. The van der Waals surface area contributed by atoms with Crippen LogP contribution >= 0.6 is 15.9 Å². The Morgan fingerprint density at radius 1 is 1.40 bits per heavy atom. The minimum Gasteiger partial charge on any atom is -0.492 e. The highest BCUT2D eigenvalue weighted by molar-refractivity contribution is 9.10. The van der Waals surface area contributed by atoms with E-state index in [-0.39, 0.29) is 5.56 Å². The Labute approximate surface area is 125 Å². The summed E-state index contributed by atoms with van der Waals surface area (Å²) in [5.41, 5.74) is 1.87. The summed E-state index contributed by atoms with van der Waals surface area (Å²) in [6.07, 6.45) is 2.36. The minimum absolute atomic E-state index is 0.165. The van der Waals surface area contributed by atoms with Gasteiger partial charge in [0, 0.05) is 22.8 Å². The summed E-state index contributed by atoms with van der Waals surface area (Å²) in [6, 6.07) is 9.06. The molecule has 5 heteroatoms. The fraction of sp³-hybridized carbons (Fsp3) is 0.200. The van der Waals surface area contributed by atoms with Crippen LogP contribution in [0.3, 0.4) is 0 Å². The highest BCUT2D eigenvalue weighted by Gasteiger charge is 2.15. The van der Waals surface area contributed by atoms with Crippen LogP contribution in [0.2, 0.25) is 0 Å². The van der Waals surface area contributed by atoms with Crippen LogP contribution in [-0.4, -0.2) is 22.7 Å². The van der Waals surface area contributed by atoms with Crippen molar-refractivity contribution in [2.24, 2.45) is 0 Å². The molecule has 4 nitrogen and oxygen atoms in total. The first kappa shape index (κ1) is 14.5. The summed E-state index contributed by atoms with van der Waals surface area (Å²) in [6.45, 7) is 2.22. The van der Waals surface area contributed by atoms with Crippen LogP contribution < -0.4 is 4.74 Å². The van der Waals surface area contributed by atoms with Crippen LogP contribution in [0.5, 0.6) is 5.75 Å². The van der Waals surface area contributed by atoms with Crippen LogP contribution in [-0.2, 0) is 6.42 Å². The average molecular weight is 336 g/mol. The molecule has 0 aliphatic rings. The van der Waals surface area contributed by atoms with E-state index in [9.17, 15) is 9.90 Å². The predicted octanol–water partition coefficient (Wildman–Crippen LogP) is 3.47. The summed E-state index contributed by atoms with van der Waals surface area (Å²) >= 11 is 3.29. The molecule has 0 bridgehead atoms. The number of aryl methyl sites for hydroxylation is 1. The fourth-order valence-corrected chi connectivity index (χ4v) is 2.46. The summed E-state index contributed by atoms with van der Waals surface area (Å²) in [5, 5.41) is 9.22. The van der Waals surface area contributed by atoms with E-state index in [2.05, 4.69) is 20.9 Å². The van der Waals surface area contributed by atoms with E-state index in [4.69, 9.17) is 4.74 Å². The second-order valence-corrected chi connectivity index (χ2v) is 5.24. The van der Waals surface area contributed by atoms with Crippen LogP contribution in [0.1, 0.15) is 21.6 Å². The van der Waals surface area contributed by atoms with Gasteiger partial charge in [0.2, 0.25) is 0 Å². The van der Waals surface area contributed by atoms with Gasteiger partial charge in [-0.1, -0.05) is 22.0 Å². The van der Waals surface area contributed by atoms with Crippen molar-refractivity contribution in [3.63, 3.8) is 0 Å². The molecule has 0 atom stereocenters. The summed E-state index contributed by atoms with van der Waals surface area (Å²) < 4.78 is 6.37. The number of rotatable bonds is 5. The number of hydrogen-bond donors (Lipinski definition) is 1. The van der Waals surface area contributed by atoms with E-state index in [0.29, 0.717) is 18.8 Å². The third kappa shape index (κ3) is 3.57. The number of aromatic nitrogens is 1. The SMILES string of the molecule is Cc1cc(Br)cc(C(=O)O)c1OCCc1ccccn1. The van der Waals surface area contributed by atoms with Gasteiger partial charge in [0.05, 0.1) is 6.61 Å². The summed E-state index contributed by atoms with van der Waals surface area (Å²) in [7, 11) is 0. The molecule has 20 heavy (non-hydrogen) atoms. The monoisotopic (exact) mass is 335 g/mol. The molecule has 2 rings (SSSR count). The molecule has 0 saturated heterocycles. The molecule has 0 spiro atoms. The number of aromatic carboxylic acids is 1. The third-order valence-corrected chi connectivity index (χ3v) is 3.26. The molecule has 0 fully saturated rings. The lowest BCUT2D eigenvalue weighted by atomic mass is 10.1. The van der Waals surface area contributed by atoms with Gasteiger partial charge in [-0.25, -0.2) is 4.79 Å². The molecule has 1 heterocycles. The Morgan fingerprint density at radius 3 is 2.85 bits per heavy atom. The summed E-state index contributed by atoms with van der Waals surface area (Å²) in [5.74, 6) is -0.584. The molecule has 0 unspecified atom stereocenters. The largest absolute Gasteiger partial charge is 0.492 e. The molecule has 2 aromatic rings. The van der Waals surface area contributed by atoms with Crippen molar-refractivity contribution >= 4 is 21.9 Å². The molecular formula is C15H14BrNO3. The van der Waals surface area contributed by atoms with E-state index in [1.165, 1.54) is 0 Å². The van der Waals surface area contributed by atoms with Gasteiger partial charge in [0.1, 0.15) is 11.3 Å². The topological polar surface area (TPSA) is 59.4 Å². The van der Waals surface area contributed by atoms with Gasteiger partial charge in [-0.05, 0) is 36.8 Å². The zero-order valence-corrected chi connectivity index (χ0v) is 12.6. The van der Waals surface area contributed by atoms with Crippen molar-refractivity contribution in [3.05, 3.63) is 57.8 Å². The second kappa shape index (κ2) is 6.52. The Morgan fingerprint density at radius 2 is 2.20 bits per heavy atom. The number of halogens is 1. The maximum atomic E-state index is 11.2. The van der Waals surface area contributed by atoms with E-state index < -0.39 is 5.97 Å². The van der Waals surface area contributed by atoms with E-state index in [0.717, 1.165) is 15.7 Å². The van der Waals surface area contributed by atoms with Crippen LogP contribution in [0.4, 0.5) is 0 Å². The molecule has 1 aromatic heterocycles. The van der Waals surface area contributed by atoms with Crippen LogP contribution in [0, 0.1) is 6.92 Å². The van der Waals surface area contributed by atoms with Gasteiger partial charge in [-0.2, -0.15) is 0 Å². The van der Waals surface area contributed by atoms with Crippen LogP contribution in [0.15, 0.2) is 41.0 Å². The molecular weight excluding hydrogens is 322 g/mol. The normalized spacial score (nSPS) is 10.3. The van der Waals surface area contributed by atoms with Gasteiger partial charge in [-0.3, -0.25) is 4.98 Å². The number of carboxylic acid groups (broad SMARTS) is 1. The van der Waals surface area contributed by atoms with Gasteiger partial charge < -0.3 is 9.84 Å². The van der Waals surface area contributed by atoms with Crippen LogP contribution in [0.25, 0.3) is 0 Å². The number of hydrogen-bond acceptors (Lipinski definition) is 3. The van der Waals surface area contributed by atoms with E-state index >= 15 is 0 Å². The smallest absolute Gasteiger partial charge is 0.339 e. The Bertz CT molecular complexity index is 614. The average Bonchev–Trinajstić information content (AvgIpc) is 2.41. The predicted molar refractivity (Wildman–Crippen MR) is 79.3 cm³/mol. The van der Waals surface area contributed by atoms with E-state index in [1.807, 2.05) is 31.2 Å². The second-order valence-electron chi connectivity index (χ2n) is 4.32. The molecule has 1 aromatic carbocycles. The Balaban J connectivity index is 2.11. The molecule has 0 saturated carbocycles. The minimum atomic E-state index is -0.998. The molecule has 0 radical (unpaired) electrons. The van der Waals surface area contributed by atoms with Crippen molar-refractivity contribution < 1.29 is 14.6 Å². The highest BCUT2D eigenvalue weighted by atomic mass is 79.9. The van der Waals surface area contributed by atoms with Gasteiger partial charge in [0.15, 0.2) is 0 Å². The molecule has 1 N–H and O–H groups in total. The molecule has 0 amide bonds. The lowest BCUT2D eigenvalue weighted by molar-refractivity contribution is 0.0692. The number of pyridine rings is 1. The summed E-state index contributed by atoms with van der Waals surface area (Å²) in [4.78, 5) is 15.4. The lowest BCUT2D eigenvalue weighted by Gasteiger charge is -2.12. The van der Waals surface area contributed by atoms with Gasteiger partial charge in [0.25, 0.3) is 0 Å². The third-order valence-electron chi connectivity index (χ3n) is 2.80. The molecule has 0 aliphatic carbocycles. The maximum Gasteiger partial charge on any atom is 0.339 e. The first-order valence-corrected chi connectivity index (χ1v) is 6.93. The van der Waals surface area contributed by atoms with Crippen molar-refractivity contribution in [2.75, 3.05) is 6.61 Å². The van der Waals surface area contributed by atoms with Crippen molar-refractivity contribution in [1.29, 1.82) is 0 Å². The Hall–Kier alpha value is -1.88. The van der Waals surface area contributed by atoms with Gasteiger partial charge in [-0.15, -0.1) is 0 Å². The number of carbonyl (C=O) groups is 1. The van der Waals surface area contributed by atoms with Gasteiger partial charge >= 0.3 is 5.97 Å². The lowest BCUT2D eigenvalue weighted by Crippen LogP contribution is -2.08. The maximum absolute atomic E-state index is 11.2. The first-order valence-electron chi connectivity index (χ1n) is 6.14. The molecule has 104 valence electrons. The van der Waals surface area contributed by atoms with Crippen molar-refractivity contribution in [1.82, 2.24) is 4.98 Å². The first-order chi connectivity index (χ1) is 9.58. The zero-order valence-electron chi connectivity index (χ0n) is 11.0. The molecule has 0 aliphatic heterocycles.